The number of ether oxygens (including phenoxy) is 1. The van der Waals surface area contributed by atoms with Crippen LogP contribution in [-0.4, -0.2) is 30.7 Å². The molecule has 2 rings (SSSR count). The van der Waals surface area contributed by atoms with E-state index in [9.17, 15) is 27.6 Å². The molecule has 1 aromatic rings. The first kappa shape index (κ1) is 16.4. The molecule has 5 nitrogen and oxygen atoms in total. The highest BCUT2D eigenvalue weighted by molar-refractivity contribution is 6.31. The number of Topliss-reactive ketones (excluding diaryl/α,β-unsaturated/α-hetero) is 2. The first-order valence-electron chi connectivity index (χ1n) is 6.01. The first-order valence-corrected chi connectivity index (χ1v) is 6.38. The predicted octanol–water partition coefficient (Wildman–Crippen LogP) is 2.08. The van der Waals surface area contributed by atoms with Crippen LogP contribution in [-0.2, 0) is 25.3 Å². The summed E-state index contributed by atoms with van der Waals surface area (Å²) in [5, 5.41) is 1.59. The van der Waals surface area contributed by atoms with Crippen molar-refractivity contribution in [2.45, 2.75) is 6.18 Å². The van der Waals surface area contributed by atoms with Crippen molar-refractivity contribution in [3.63, 3.8) is 0 Å². The molecular weight excluding hydrogens is 327 g/mol. The van der Waals surface area contributed by atoms with Crippen molar-refractivity contribution >= 4 is 34.8 Å². The van der Waals surface area contributed by atoms with Gasteiger partial charge in [0.05, 0.1) is 10.6 Å². The highest BCUT2D eigenvalue weighted by Gasteiger charge is 2.37. The summed E-state index contributed by atoms with van der Waals surface area (Å²) in [4.78, 5) is 34.9. The van der Waals surface area contributed by atoms with E-state index < -0.39 is 53.4 Å². The van der Waals surface area contributed by atoms with Crippen LogP contribution in [0.2, 0.25) is 5.02 Å². The topological polar surface area (TPSA) is 72.5 Å². The molecule has 1 fully saturated rings. The molecule has 118 valence electrons. The number of alkyl halides is 3. The van der Waals surface area contributed by atoms with Gasteiger partial charge in [0.2, 0.25) is 5.91 Å². The van der Waals surface area contributed by atoms with Gasteiger partial charge >= 0.3 is 6.18 Å². The standard InChI is InChI=1S/C13H9ClF3NO4/c14-8-2-1-6(3-7(8)13(15,16)17)18-12(21)11-9(19)4-22-5-10(11)20/h1-3,11H,4-5H2,(H,18,21). The molecule has 0 spiro atoms. The Bertz CT molecular complexity index is 629. The lowest BCUT2D eigenvalue weighted by Crippen LogP contribution is -2.43. The maximum atomic E-state index is 12.7. The maximum absolute atomic E-state index is 12.7. The number of nitrogens with one attached hydrogen (secondary N) is 1. The van der Waals surface area contributed by atoms with Gasteiger partial charge in [0, 0.05) is 5.69 Å². The second kappa shape index (κ2) is 6.05. The van der Waals surface area contributed by atoms with Crippen LogP contribution >= 0.6 is 11.6 Å². The fourth-order valence-corrected chi connectivity index (χ4v) is 2.15. The van der Waals surface area contributed by atoms with E-state index in [1.54, 1.807) is 0 Å². The third kappa shape index (κ3) is 3.45. The third-order valence-electron chi connectivity index (χ3n) is 2.93. The number of amides is 1. The van der Waals surface area contributed by atoms with E-state index in [0.29, 0.717) is 6.07 Å². The summed E-state index contributed by atoms with van der Waals surface area (Å²) in [6.07, 6.45) is -4.69. The van der Waals surface area contributed by atoms with Crippen LogP contribution in [0.1, 0.15) is 5.56 Å². The van der Waals surface area contributed by atoms with Crippen molar-refractivity contribution in [2.24, 2.45) is 5.92 Å². The van der Waals surface area contributed by atoms with Crippen molar-refractivity contribution in [1.82, 2.24) is 0 Å². The van der Waals surface area contributed by atoms with E-state index in [4.69, 9.17) is 11.6 Å². The summed E-state index contributed by atoms with van der Waals surface area (Å²) in [5.74, 6) is -4.04. The van der Waals surface area contributed by atoms with E-state index in [1.807, 2.05) is 0 Å². The molecule has 9 heteroatoms. The fraction of sp³-hybridized carbons (Fsp3) is 0.308. The number of carbonyl (C=O) groups excluding carboxylic acids is 3. The molecule has 1 saturated heterocycles. The Labute approximate surface area is 127 Å². The average Bonchev–Trinajstić information content (AvgIpc) is 2.39. The van der Waals surface area contributed by atoms with Crippen molar-refractivity contribution in [3.8, 4) is 0 Å². The minimum atomic E-state index is -4.69. The van der Waals surface area contributed by atoms with Gasteiger partial charge in [-0.25, -0.2) is 0 Å². The van der Waals surface area contributed by atoms with E-state index in [2.05, 4.69) is 10.1 Å². The molecule has 1 amide bonds. The number of hydrogen-bond acceptors (Lipinski definition) is 4. The predicted molar refractivity (Wildman–Crippen MR) is 69.4 cm³/mol. The van der Waals surface area contributed by atoms with Gasteiger partial charge in [0.15, 0.2) is 17.5 Å². The molecular formula is C13H9ClF3NO4. The Hall–Kier alpha value is -1.93. The molecule has 0 bridgehead atoms. The van der Waals surface area contributed by atoms with Crippen LogP contribution in [0.3, 0.4) is 0 Å². The third-order valence-corrected chi connectivity index (χ3v) is 3.26. The largest absolute Gasteiger partial charge is 0.417 e. The van der Waals surface area contributed by atoms with E-state index in [1.165, 1.54) is 0 Å². The van der Waals surface area contributed by atoms with Crippen LogP contribution in [0.25, 0.3) is 0 Å². The van der Waals surface area contributed by atoms with Crippen molar-refractivity contribution in [1.29, 1.82) is 0 Å². The summed E-state index contributed by atoms with van der Waals surface area (Å²) in [6.45, 7) is -0.781. The molecule has 0 aromatic heterocycles. The Kier molecular flexibility index (Phi) is 4.52. The average molecular weight is 336 g/mol. The Morgan fingerprint density at radius 2 is 1.82 bits per heavy atom. The molecule has 0 atom stereocenters. The monoisotopic (exact) mass is 335 g/mol. The Balaban J connectivity index is 2.22. The minimum Gasteiger partial charge on any atom is -0.366 e. The van der Waals surface area contributed by atoms with Gasteiger partial charge in [-0.05, 0) is 18.2 Å². The van der Waals surface area contributed by atoms with Gasteiger partial charge in [-0.15, -0.1) is 0 Å². The summed E-state index contributed by atoms with van der Waals surface area (Å²) in [5.41, 5.74) is -1.34. The highest BCUT2D eigenvalue weighted by atomic mass is 35.5. The lowest BCUT2D eigenvalue weighted by Gasteiger charge is -2.19. The van der Waals surface area contributed by atoms with Gasteiger partial charge < -0.3 is 10.1 Å². The van der Waals surface area contributed by atoms with Gasteiger partial charge in [-0.1, -0.05) is 11.6 Å². The maximum Gasteiger partial charge on any atom is 0.417 e. The van der Waals surface area contributed by atoms with Crippen LogP contribution in [0, 0.1) is 5.92 Å². The van der Waals surface area contributed by atoms with Crippen molar-refractivity contribution in [2.75, 3.05) is 18.5 Å². The normalized spacial score (nSPS) is 16.7. The van der Waals surface area contributed by atoms with Crippen LogP contribution in [0.4, 0.5) is 18.9 Å². The second-order valence-corrected chi connectivity index (χ2v) is 4.95. The molecule has 1 aromatic carbocycles. The van der Waals surface area contributed by atoms with Crippen LogP contribution < -0.4 is 5.32 Å². The highest BCUT2D eigenvalue weighted by Crippen LogP contribution is 2.36. The molecule has 1 aliphatic rings. The number of carbonyl (C=O) groups is 3. The van der Waals surface area contributed by atoms with Gasteiger partial charge in [0.1, 0.15) is 13.2 Å². The molecule has 22 heavy (non-hydrogen) atoms. The number of benzene rings is 1. The molecule has 0 unspecified atom stereocenters. The summed E-state index contributed by atoms with van der Waals surface area (Å²) >= 11 is 5.45. The summed E-state index contributed by atoms with van der Waals surface area (Å²) in [6, 6.07) is 2.74. The number of ketones is 2. The van der Waals surface area contributed by atoms with Crippen LogP contribution in [0.5, 0.6) is 0 Å². The summed E-state index contributed by atoms with van der Waals surface area (Å²) in [7, 11) is 0. The lowest BCUT2D eigenvalue weighted by molar-refractivity contribution is -0.149. The second-order valence-electron chi connectivity index (χ2n) is 4.54. The van der Waals surface area contributed by atoms with Gasteiger partial charge in [-0.2, -0.15) is 13.2 Å². The van der Waals surface area contributed by atoms with E-state index in [-0.39, 0.29) is 5.69 Å². The minimum absolute atomic E-state index is 0.214. The zero-order chi connectivity index (χ0) is 16.5. The van der Waals surface area contributed by atoms with Crippen LogP contribution in [0.15, 0.2) is 18.2 Å². The summed E-state index contributed by atoms with van der Waals surface area (Å²) < 4.78 is 42.8. The van der Waals surface area contributed by atoms with Crippen molar-refractivity contribution in [3.05, 3.63) is 28.8 Å². The zero-order valence-corrected chi connectivity index (χ0v) is 11.6. The molecule has 0 aliphatic carbocycles. The molecule has 1 heterocycles. The smallest absolute Gasteiger partial charge is 0.366 e. The molecule has 1 aliphatic heterocycles. The lowest BCUT2D eigenvalue weighted by atomic mass is 9.96. The number of anilines is 1. The first-order chi connectivity index (χ1) is 10.2. The number of rotatable bonds is 2. The van der Waals surface area contributed by atoms with Crippen molar-refractivity contribution < 1.29 is 32.3 Å². The molecule has 1 N–H and O–H groups in total. The van der Waals surface area contributed by atoms with E-state index >= 15 is 0 Å². The SMILES string of the molecule is O=C1COCC(=O)C1C(=O)Nc1ccc(Cl)c(C(F)(F)F)c1. The number of halogens is 4. The van der Waals surface area contributed by atoms with Gasteiger partial charge in [-0.3, -0.25) is 14.4 Å². The van der Waals surface area contributed by atoms with Gasteiger partial charge in [0.25, 0.3) is 0 Å². The Morgan fingerprint density at radius 3 is 2.36 bits per heavy atom. The molecule has 0 saturated carbocycles. The quantitative estimate of drug-likeness (QED) is 0.840. The zero-order valence-electron chi connectivity index (χ0n) is 10.9. The Morgan fingerprint density at radius 1 is 1.23 bits per heavy atom. The fourth-order valence-electron chi connectivity index (χ4n) is 1.93. The molecule has 0 radical (unpaired) electrons. The number of hydrogen-bond donors (Lipinski definition) is 1. The van der Waals surface area contributed by atoms with E-state index in [0.717, 1.165) is 12.1 Å².